The zero-order chi connectivity index (χ0) is 18.9. The maximum atomic E-state index is 6.12. The van der Waals surface area contributed by atoms with Gasteiger partial charge < -0.3 is 15.4 Å². The molecule has 6 nitrogen and oxygen atoms in total. The molecular weight excluding hydrogens is 453 g/mol. The van der Waals surface area contributed by atoms with Crippen LogP contribution in [0.4, 0.5) is 0 Å². The van der Waals surface area contributed by atoms with Crippen LogP contribution in [0.2, 0.25) is 0 Å². The topological polar surface area (TPSA) is 63.5 Å². The van der Waals surface area contributed by atoms with Gasteiger partial charge in [0.25, 0.3) is 0 Å². The van der Waals surface area contributed by atoms with E-state index < -0.39 is 0 Å². The largest absolute Gasteiger partial charge is 0.487 e. The molecule has 1 aliphatic heterocycles. The number of hydrogen-bond donors (Lipinski definition) is 2. The summed E-state index contributed by atoms with van der Waals surface area (Å²) in [7, 11) is 3.77. The number of benzene rings is 1. The molecule has 148 valence electrons. The average Bonchev–Trinajstić information content (AvgIpc) is 2.82. The Labute approximate surface area is 178 Å². The van der Waals surface area contributed by atoms with Gasteiger partial charge in [0, 0.05) is 43.9 Å². The third-order valence-electron chi connectivity index (χ3n) is 5.00. The Hall–Kier alpha value is -1.77. The number of aliphatic imine (C=N–C) groups is 1. The van der Waals surface area contributed by atoms with Crippen LogP contribution in [-0.2, 0) is 13.6 Å². The third kappa shape index (κ3) is 4.75. The van der Waals surface area contributed by atoms with Crippen molar-refractivity contribution < 1.29 is 4.74 Å². The summed E-state index contributed by atoms with van der Waals surface area (Å²) in [5.41, 5.74) is 4.38. The molecular formula is C20H30IN5O. The normalized spacial score (nSPS) is 18.1. The van der Waals surface area contributed by atoms with E-state index in [9.17, 15) is 0 Å². The van der Waals surface area contributed by atoms with Gasteiger partial charge in [0.05, 0.1) is 11.7 Å². The molecule has 2 aromatic rings. The fourth-order valence-corrected chi connectivity index (χ4v) is 3.54. The van der Waals surface area contributed by atoms with E-state index in [1.807, 2.05) is 36.9 Å². The number of aromatic nitrogens is 2. The van der Waals surface area contributed by atoms with Crippen LogP contribution in [0.3, 0.4) is 0 Å². The summed E-state index contributed by atoms with van der Waals surface area (Å²) in [5, 5.41) is 11.5. The van der Waals surface area contributed by atoms with Crippen molar-refractivity contribution in [1.82, 2.24) is 20.4 Å². The van der Waals surface area contributed by atoms with Crippen LogP contribution >= 0.6 is 24.0 Å². The number of para-hydroxylation sites is 1. The Morgan fingerprint density at radius 1 is 1.33 bits per heavy atom. The lowest BCUT2D eigenvalue weighted by atomic mass is 9.90. The standard InChI is InChI=1S/C20H29N5O.HI/c1-13-16(14(2)25(6)24-13)12-22-19(21-5)23-17-11-20(3,4)26-18-10-8-7-9-15(17)18;/h7-10,17H,11-12H2,1-6H3,(H2,21,22,23);1H. The number of nitrogens with zero attached hydrogens (tertiary/aromatic N) is 3. The van der Waals surface area contributed by atoms with Crippen molar-refractivity contribution in [3.05, 3.63) is 46.8 Å². The monoisotopic (exact) mass is 483 g/mol. The number of rotatable bonds is 3. The molecule has 0 amide bonds. The van der Waals surface area contributed by atoms with E-state index in [0.29, 0.717) is 6.54 Å². The molecule has 0 fully saturated rings. The Kier molecular flexibility index (Phi) is 6.77. The van der Waals surface area contributed by atoms with Crippen molar-refractivity contribution >= 4 is 29.9 Å². The highest BCUT2D eigenvalue weighted by atomic mass is 127. The molecule has 2 N–H and O–H groups in total. The number of fused-ring (bicyclic) bond motifs is 1. The fourth-order valence-electron chi connectivity index (χ4n) is 3.54. The summed E-state index contributed by atoms with van der Waals surface area (Å²) in [6.45, 7) is 9.06. The second-order valence-electron chi connectivity index (χ2n) is 7.50. The quantitative estimate of drug-likeness (QED) is 0.398. The second-order valence-corrected chi connectivity index (χ2v) is 7.50. The van der Waals surface area contributed by atoms with Crippen molar-refractivity contribution in [2.24, 2.45) is 12.0 Å². The highest BCUT2D eigenvalue weighted by Gasteiger charge is 2.33. The number of ether oxygens (including phenoxy) is 1. The van der Waals surface area contributed by atoms with Gasteiger partial charge in [-0.2, -0.15) is 5.10 Å². The summed E-state index contributed by atoms with van der Waals surface area (Å²) in [4.78, 5) is 4.41. The van der Waals surface area contributed by atoms with E-state index >= 15 is 0 Å². The van der Waals surface area contributed by atoms with Crippen LogP contribution in [0.15, 0.2) is 29.3 Å². The summed E-state index contributed by atoms with van der Waals surface area (Å²) < 4.78 is 8.03. The number of nitrogens with one attached hydrogen (secondary N) is 2. The molecule has 1 unspecified atom stereocenters. The lowest BCUT2D eigenvalue weighted by Crippen LogP contribution is -2.45. The molecule has 1 aromatic heterocycles. The van der Waals surface area contributed by atoms with E-state index in [2.05, 4.69) is 47.6 Å². The molecule has 0 saturated heterocycles. The summed E-state index contributed by atoms with van der Waals surface area (Å²) in [6, 6.07) is 8.36. The molecule has 3 rings (SSSR count). The molecule has 1 aromatic carbocycles. The van der Waals surface area contributed by atoms with Crippen molar-refractivity contribution in [3.8, 4) is 5.75 Å². The smallest absolute Gasteiger partial charge is 0.191 e. The van der Waals surface area contributed by atoms with Crippen molar-refractivity contribution in [1.29, 1.82) is 0 Å². The third-order valence-corrected chi connectivity index (χ3v) is 5.00. The lowest BCUT2D eigenvalue weighted by molar-refractivity contribution is 0.0694. The highest BCUT2D eigenvalue weighted by molar-refractivity contribution is 14.0. The Balaban J connectivity index is 0.00000261. The van der Waals surface area contributed by atoms with Crippen molar-refractivity contribution in [2.75, 3.05) is 7.05 Å². The van der Waals surface area contributed by atoms with E-state index in [1.165, 1.54) is 16.8 Å². The second kappa shape index (κ2) is 8.50. The van der Waals surface area contributed by atoms with Crippen LogP contribution in [0.5, 0.6) is 5.75 Å². The van der Waals surface area contributed by atoms with Crippen LogP contribution in [-0.4, -0.2) is 28.4 Å². The molecule has 2 heterocycles. The minimum absolute atomic E-state index is 0. The van der Waals surface area contributed by atoms with Gasteiger partial charge in [-0.3, -0.25) is 9.67 Å². The Morgan fingerprint density at radius 2 is 2.04 bits per heavy atom. The van der Waals surface area contributed by atoms with Gasteiger partial charge in [-0.1, -0.05) is 18.2 Å². The molecule has 0 bridgehead atoms. The SMILES string of the molecule is CN=C(NCc1c(C)nn(C)c1C)NC1CC(C)(C)Oc2ccccc21.I. The van der Waals surface area contributed by atoms with E-state index in [-0.39, 0.29) is 35.6 Å². The first-order valence-electron chi connectivity index (χ1n) is 9.05. The Morgan fingerprint density at radius 3 is 2.67 bits per heavy atom. The maximum Gasteiger partial charge on any atom is 0.191 e. The minimum atomic E-state index is -0.221. The van der Waals surface area contributed by atoms with Gasteiger partial charge in [0.1, 0.15) is 11.4 Å². The summed E-state index contributed by atoms with van der Waals surface area (Å²) in [5.74, 6) is 1.72. The predicted molar refractivity (Wildman–Crippen MR) is 120 cm³/mol. The van der Waals surface area contributed by atoms with Crippen molar-refractivity contribution in [3.63, 3.8) is 0 Å². The van der Waals surface area contributed by atoms with Gasteiger partial charge in [0.2, 0.25) is 0 Å². The molecule has 0 radical (unpaired) electrons. The van der Waals surface area contributed by atoms with Crippen LogP contribution < -0.4 is 15.4 Å². The molecule has 0 saturated carbocycles. The average molecular weight is 483 g/mol. The molecule has 1 atom stereocenters. The minimum Gasteiger partial charge on any atom is -0.487 e. The molecule has 0 aliphatic carbocycles. The van der Waals surface area contributed by atoms with Crippen LogP contribution in [0.1, 0.15) is 48.8 Å². The van der Waals surface area contributed by atoms with E-state index in [4.69, 9.17) is 4.74 Å². The lowest BCUT2D eigenvalue weighted by Gasteiger charge is -2.38. The van der Waals surface area contributed by atoms with Crippen LogP contribution in [0.25, 0.3) is 0 Å². The number of aryl methyl sites for hydroxylation is 2. The zero-order valence-electron chi connectivity index (χ0n) is 17.0. The number of hydrogen-bond acceptors (Lipinski definition) is 3. The van der Waals surface area contributed by atoms with Gasteiger partial charge in [-0.05, 0) is 33.8 Å². The van der Waals surface area contributed by atoms with Gasteiger partial charge >= 0.3 is 0 Å². The molecule has 7 heteroatoms. The predicted octanol–water partition coefficient (Wildman–Crippen LogP) is 3.62. The first-order chi connectivity index (χ1) is 12.3. The van der Waals surface area contributed by atoms with Gasteiger partial charge in [0.15, 0.2) is 5.96 Å². The van der Waals surface area contributed by atoms with Crippen LogP contribution in [0, 0.1) is 13.8 Å². The summed E-state index contributed by atoms with van der Waals surface area (Å²) in [6.07, 6.45) is 0.871. The first kappa shape index (κ1) is 21.5. The molecule has 0 spiro atoms. The van der Waals surface area contributed by atoms with E-state index in [1.54, 1.807) is 7.05 Å². The summed E-state index contributed by atoms with van der Waals surface area (Å²) >= 11 is 0. The van der Waals surface area contributed by atoms with E-state index in [0.717, 1.165) is 23.8 Å². The zero-order valence-corrected chi connectivity index (χ0v) is 19.3. The van der Waals surface area contributed by atoms with Gasteiger partial charge in [-0.25, -0.2) is 0 Å². The highest BCUT2D eigenvalue weighted by Crippen LogP contribution is 2.39. The fraction of sp³-hybridized carbons (Fsp3) is 0.500. The maximum absolute atomic E-state index is 6.12. The van der Waals surface area contributed by atoms with Gasteiger partial charge in [-0.15, -0.1) is 24.0 Å². The first-order valence-corrected chi connectivity index (χ1v) is 9.05. The molecule has 27 heavy (non-hydrogen) atoms. The molecule has 1 aliphatic rings. The van der Waals surface area contributed by atoms with Crippen molar-refractivity contribution in [2.45, 2.75) is 52.3 Å². The number of halogens is 1. The number of guanidine groups is 1. The Bertz CT molecular complexity index is 828.